The van der Waals surface area contributed by atoms with E-state index >= 15 is 0 Å². The molecule has 19 heavy (non-hydrogen) atoms. The molecule has 2 N–H and O–H groups in total. The highest BCUT2D eigenvalue weighted by molar-refractivity contribution is 5.57. The SMILES string of the molecule is Fc1ccc(-c2ccc(CNc3cn[nH]c3)o2)cc1. The molecule has 96 valence electrons. The molecule has 0 fully saturated rings. The molecule has 0 bridgehead atoms. The molecule has 0 aliphatic rings. The maximum atomic E-state index is 12.8. The van der Waals surface area contributed by atoms with Crippen molar-refractivity contribution in [1.82, 2.24) is 10.2 Å². The van der Waals surface area contributed by atoms with Crippen LogP contribution in [-0.4, -0.2) is 10.2 Å². The van der Waals surface area contributed by atoms with Crippen LogP contribution in [0.5, 0.6) is 0 Å². The van der Waals surface area contributed by atoms with E-state index in [1.165, 1.54) is 12.1 Å². The Balaban J connectivity index is 1.70. The lowest BCUT2D eigenvalue weighted by atomic mass is 10.2. The van der Waals surface area contributed by atoms with Crippen LogP contribution < -0.4 is 5.32 Å². The summed E-state index contributed by atoms with van der Waals surface area (Å²) in [4.78, 5) is 0. The van der Waals surface area contributed by atoms with Crippen molar-refractivity contribution in [2.75, 3.05) is 5.32 Å². The van der Waals surface area contributed by atoms with Gasteiger partial charge in [0.05, 0.1) is 18.4 Å². The molecule has 2 aromatic heterocycles. The Bertz CT molecular complexity index is 644. The van der Waals surface area contributed by atoms with Gasteiger partial charge >= 0.3 is 0 Å². The molecule has 0 saturated heterocycles. The van der Waals surface area contributed by atoms with Gasteiger partial charge in [-0.25, -0.2) is 4.39 Å². The molecule has 4 nitrogen and oxygen atoms in total. The molecule has 0 amide bonds. The summed E-state index contributed by atoms with van der Waals surface area (Å²) in [7, 11) is 0. The lowest BCUT2D eigenvalue weighted by Gasteiger charge is -2.00. The van der Waals surface area contributed by atoms with Gasteiger partial charge in [0.15, 0.2) is 0 Å². The number of H-pyrrole nitrogens is 1. The number of aromatic nitrogens is 2. The molecule has 0 unspecified atom stereocenters. The number of nitrogens with zero attached hydrogens (tertiary/aromatic N) is 1. The first-order valence-corrected chi connectivity index (χ1v) is 5.88. The molecule has 0 saturated carbocycles. The van der Waals surface area contributed by atoms with Gasteiger partial charge in [0.2, 0.25) is 0 Å². The Kier molecular flexibility index (Phi) is 3.02. The number of halogens is 1. The van der Waals surface area contributed by atoms with Gasteiger partial charge in [-0.15, -0.1) is 0 Å². The molecule has 0 radical (unpaired) electrons. The Morgan fingerprint density at radius 2 is 2.00 bits per heavy atom. The van der Waals surface area contributed by atoms with Crippen molar-refractivity contribution in [2.45, 2.75) is 6.54 Å². The first-order chi connectivity index (χ1) is 9.31. The summed E-state index contributed by atoms with van der Waals surface area (Å²) in [5.74, 6) is 1.28. The molecule has 3 rings (SSSR count). The molecule has 3 aromatic rings. The molecule has 0 aliphatic heterocycles. The summed E-state index contributed by atoms with van der Waals surface area (Å²) in [6, 6.07) is 10.00. The largest absolute Gasteiger partial charge is 0.459 e. The van der Waals surface area contributed by atoms with E-state index in [4.69, 9.17) is 4.42 Å². The number of furan rings is 1. The van der Waals surface area contributed by atoms with Crippen molar-refractivity contribution < 1.29 is 8.81 Å². The fourth-order valence-electron chi connectivity index (χ4n) is 1.78. The molecule has 0 atom stereocenters. The second kappa shape index (κ2) is 4.97. The molecule has 2 heterocycles. The van der Waals surface area contributed by atoms with E-state index in [0.717, 1.165) is 22.8 Å². The van der Waals surface area contributed by atoms with E-state index in [1.807, 2.05) is 12.1 Å². The van der Waals surface area contributed by atoms with E-state index in [0.29, 0.717) is 6.54 Å². The van der Waals surface area contributed by atoms with Gasteiger partial charge in [0.1, 0.15) is 17.3 Å². The Hall–Kier alpha value is -2.56. The van der Waals surface area contributed by atoms with Crippen molar-refractivity contribution in [3.05, 3.63) is 60.4 Å². The van der Waals surface area contributed by atoms with Crippen LogP contribution in [0.3, 0.4) is 0 Å². The highest BCUT2D eigenvalue weighted by Crippen LogP contribution is 2.22. The first-order valence-electron chi connectivity index (χ1n) is 5.88. The number of rotatable bonds is 4. The highest BCUT2D eigenvalue weighted by atomic mass is 19.1. The predicted octanol–water partition coefficient (Wildman–Crippen LogP) is 3.42. The fourth-order valence-corrected chi connectivity index (χ4v) is 1.78. The van der Waals surface area contributed by atoms with Crippen LogP contribution in [0.4, 0.5) is 10.1 Å². The topological polar surface area (TPSA) is 53.9 Å². The van der Waals surface area contributed by atoms with Crippen molar-refractivity contribution in [3.63, 3.8) is 0 Å². The Morgan fingerprint density at radius 1 is 1.16 bits per heavy atom. The van der Waals surface area contributed by atoms with Crippen molar-refractivity contribution >= 4 is 5.69 Å². The number of hydrogen-bond acceptors (Lipinski definition) is 3. The minimum absolute atomic E-state index is 0.253. The quantitative estimate of drug-likeness (QED) is 0.753. The van der Waals surface area contributed by atoms with E-state index in [9.17, 15) is 4.39 Å². The molecule has 5 heteroatoms. The van der Waals surface area contributed by atoms with E-state index < -0.39 is 0 Å². The summed E-state index contributed by atoms with van der Waals surface area (Å²) < 4.78 is 18.5. The molecular formula is C14H12FN3O. The summed E-state index contributed by atoms with van der Waals surface area (Å²) in [5, 5.41) is 9.73. The van der Waals surface area contributed by atoms with Crippen LogP contribution in [0.1, 0.15) is 5.76 Å². The number of nitrogens with one attached hydrogen (secondary N) is 2. The van der Waals surface area contributed by atoms with Crippen LogP contribution in [0.15, 0.2) is 53.2 Å². The van der Waals surface area contributed by atoms with Gasteiger partial charge < -0.3 is 9.73 Å². The van der Waals surface area contributed by atoms with Crippen LogP contribution in [-0.2, 0) is 6.54 Å². The van der Waals surface area contributed by atoms with Gasteiger partial charge in [-0.05, 0) is 36.4 Å². The number of benzene rings is 1. The van der Waals surface area contributed by atoms with Gasteiger partial charge in [0, 0.05) is 11.8 Å². The number of hydrogen-bond donors (Lipinski definition) is 2. The van der Waals surface area contributed by atoms with Crippen LogP contribution in [0, 0.1) is 5.82 Å². The highest BCUT2D eigenvalue weighted by Gasteiger charge is 2.05. The lowest BCUT2D eigenvalue weighted by molar-refractivity contribution is 0.531. The number of aromatic amines is 1. The average molecular weight is 257 g/mol. The fraction of sp³-hybridized carbons (Fsp3) is 0.0714. The molecule has 0 aliphatic carbocycles. The minimum Gasteiger partial charge on any atom is -0.459 e. The minimum atomic E-state index is -0.253. The first kappa shape index (κ1) is 11.5. The van der Waals surface area contributed by atoms with Crippen LogP contribution in [0.25, 0.3) is 11.3 Å². The molecule has 1 aromatic carbocycles. The van der Waals surface area contributed by atoms with E-state index in [-0.39, 0.29) is 5.82 Å². The lowest BCUT2D eigenvalue weighted by Crippen LogP contribution is -1.96. The Labute approximate surface area is 109 Å². The van der Waals surface area contributed by atoms with Crippen molar-refractivity contribution in [2.24, 2.45) is 0 Å². The molecule has 0 spiro atoms. The third-order valence-corrected chi connectivity index (χ3v) is 2.76. The second-order valence-corrected chi connectivity index (χ2v) is 4.11. The Morgan fingerprint density at radius 3 is 2.74 bits per heavy atom. The van der Waals surface area contributed by atoms with Gasteiger partial charge in [-0.3, -0.25) is 5.10 Å². The third-order valence-electron chi connectivity index (χ3n) is 2.76. The third kappa shape index (κ3) is 2.65. The van der Waals surface area contributed by atoms with Gasteiger partial charge in [-0.1, -0.05) is 0 Å². The van der Waals surface area contributed by atoms with Crippen LogP contribution in [0.2, 0.25) is 0 Å². The standard InChI is InChI=1S/C14H12FN3O/c15-11-3-1-10(2-4-11)14-6-5-13(19-14)9-16-12-7-17-18-8-12/h1-8,16H,9H2,(H,17,18). The summed E-state index contributed by atoms with van der Waals surface area (Å²) in [5.41, 5.74) is 1.76. The summed E-state index contributed by atoms with van der Waals surface area (Å²) in [6.07, 6.45) is 3.47. The molecular weight excluding hydrogens is 245 g/mol. The van der Waals surface area contributed by atoms with E-state index in [1.54, 1.807) is 24.5 Å². The van der Waals surface area contributed by atoms with E-state index in [2.05, 4.69) is 15.5 Å². The number of anilines is 1. The average Bonchev–Trinajstić information content (AvgIpc) is 3.09. The summed E-state index contributed by atoms with van der Waals surface area (Å²) in [6.45, 7) is 0.570. The zero-order chi connectivity index (χ0) is 13.1. The smallest absolute Gasteiger partial charge is 0.134 e. The normalized spacial score (nSPS) is 10.6. The maximum Gasteiger partial charge on any atom is 0.134 e. The van der Waals surface area contributed by atoms with Gasteiger partial charge in [-0.2, -0.15) is 5.10 Å². The zero-order valence-electron chi connectivity index (χ0n) is 10.1. The predicted molar refractivity (Wildman–Crippen MR) is 70.0 cm³/mol. The summed E-state index contributed by atoms with van der Waals surface area (Å²) >= 11 is 0. The second-order valence-electron chi connectivity index (χ2n) is 4.11. The monoisotopic (exact) mass is 257 g/mol. The zero-order valence-corrected chi connectivity index (χ0v) is 10.1. The van der Waals surface area contributed by atoms with Crippen LogP contribution >= 0.6 is 0 Å². The van der Waals surface area contributed by atoms with Gasteiger partial charge in [0.25, 0.3) is 0 Å². The maximum absolute atomic E-state index is 12.8. The van der Waals surface area contributed by atoms with Crippen molar-refractivity contribution in [1.29, 1.82) is 0 Å². The van der Waals surface area contributed by atoms with Crippen molar-refractivity contribution in [3.8, 4) is 11.3 Å².